The fraction of sp³-hybridized carbons (Fsp3) is 0.333. The Balaban J connectivity index is 1.81. The zero-order chi connectivity index (χ0) is 14.7. The number of methoxy groups -OCH3 is 2. The van der Waals surface area contributed by atoms with Crippen LogP contribution in [0, 0.1) is 5.92 Å². The molecule has 0 N–H and O–H groups in total. The fourth-order valence-corrected chi connectivity index (χ4v) is 2.86. The van der Waals surface area contributed by atoms with Crippen molar-refractivity contribution in [3.63, 3.8) is 0 Å². The lowest BCUT2D eigenvalue weighted by atomic mass is 9.90. The summed E-state index contributed by atoms with van der Waals surface area (Å²) in [5, 5.41) is 0. The van der Waals surface area contributed by atoms with Gasteiger partial charge in [-0.2, -0.15) is 0 Å². The Morgan fingerprint density at radius 3 is 2.62 bits per heavy atom. The van der Waals surface area contributed by atoms with Crippen molar-refractivity contribution in [2.75, 3.05) is 20.8 Å². The molecule has 3 heteroatoms. The van der Waals surface area contributed by atoms with Gasteiger partial charge in [-0.05, 0) is 18.4 Å². The van der Waals surface area contributed by atoms with Gasteiger partial charge in [-0.1, -0.05) is 30.3 Å². The van der Waals surface area contributed by atoms with Gasteiger partial charge in [-0.15, -0.1) is 0 Å². The fourth-order valence-electron chi connectivity index (χ4n) is 2.86. The zero-order valence-electron chi connectivity index (χ0n) is 12.5. The van der Waals surface area contributed by atoms with Crippen molar-refractivity contribution in [3.8, 4) is 17.2 Å². The summed E-state index contributed by atoms with van der Waals surface area (Å²) in [6, 6.07) is 14.4. The van der Waals surface area contributed by atoms with Crippen molar-refractivity contribution in [1.82, 2.24) is 0 Å². The molecule has 0 amide bonds. The van der Waals surface area contributed by atoms with Gasteiger partial charge < -0.3 is 14.2 Å². The third-order valence-corrected chi connectivity index (χ3v) is 3.93. The Morgan fingerprint density at radius 2 is 1.90 bits per heavy atom. The highest BCUT2D eigenvalue weighted by atomic mass is 16.5. The van der Waals surface area contributed by atoms with E-state index in [1.54, 1.807) is 14.2 Å². The molecule has 0 bridgehead atoms. The van der Waals surface area contributed by atoms with Gasteiger partial charge in [-0.3, -0.25) is 0 Å². The van der Waals surface area contributed by atoms with Gasteiger partial charge in [-0.25, -0.2) is 0 Å². The molecular weight excluding hydrogens is 264 g/mol. The van der Waals surface area contributed by atoms with E-state index in [-0.39, 0.29) is 0 Å². The predicted molar refractivity (Wildman–Crippen MR) is 82.4 cm³/mol. The summed E-state index contributed by atoms with van der Waals surface area (Å²) in [5.74, 6) is 2.98. The molecule has 110 valence electrons. The van der Waals surface area contributed by atoms with E-state index in [2.05, 4.69) is 24.3 Å². The summed E-state index contributed by atoms with van der Waals surface area (Å²) in [6.45, 7) is 0.734. The summed E-state index contributed by atoms with van der Waals surface area (Å²) in [6.07, 6.45) is 1.99. The maximum atomic E-state index is 5.93. The number of hydrogen-bond donors (Lipinski definition) is 0. The molecule has 1 unspecified atom stereocenters. The number of hydrogen-bond acceptors (Lipinski definition) is 3. The summed E-state index contributed by atoms with van der Waals surface area (Å²) in [5.41, 5.74) is 2.49. The molecule has 0 radical (unpaired) electrons. The molecule has 0 spiro atoms. The van der Waals surface area contributed by atoms with Gasteiger partial charge in [0.15, 0.2) is 0 Å². The normalized spacial score (nSPS) is 16.8. The molecule has 1 atom stereocenters. The van der Waals surface area contributed by atoms with Crippen LogP contribution in [-0.2, 0) is 12.8 Å². The second-order valence-electron chi connectivity index (χ2n) is 5.38. The maximum absolute atomic E-state index is 5.93. The van der Waals surface area contributed by atoms with E-state index in [0.717, 1.165) is 42.3 Å². The molecule has 0 saturated heterocycles. The smallest absolute Gasteiger partial charge is 0.129 e. The molecule has 1 aliphatic rings. The topological polar surface area (TPSA) is 27.7 Å². The van der Waals surface area contributed by atoms with Crippen LogP contribution in [0.3, 0.4) is 0 Å². The minimum Gasteiger partial charge on any atom is -0.496 e. The minimum atomic E-state index is 0.474. The highest BCUT2D eigenvalue weighted by molar-refractivity contribution is 5.51. The van der Waals surface area contributed by atoms with Gasteiger partial charge in [0.2, 0.25) is 0 Å². The average molecular weight is 284 g/mol. The van der Waals surface area contributed by atoms with Crippen molar-refractivity contribution in [2.24, 2.45) is 5.92 Å². The molecule has 3 nitrogen and oxygen atoms in total. The van der Waals surface area contributed by atoms with Gasteiger partial charge in [0.05, 0.1) is 20.8 Å². The molecule has 21 heavy (non-hydrogen) atoms. The molecule has 1 heterocycles. The summed E-state index contributed by atoms with van der Waals surface area (Å²) >= 11 is 0. The lowest BCUT2D eigenvalue weighted by Gasteiger charge is -2.27. The van der Waals surface area contributed by atoms with E-state index in [4.69, 9.17) is 14.2 Å². The molecule has 0 saturated carbocycles. The summed E-state index contributed by atoms with van der Waals surface area (Å²) < 4.78 is 16.7. The first-order chi connectivity index (χ1) is 10.3. The monoisotopic (exact) mass is 284 g/mol. The van der Waals surface area contributed by atoms with Gasteiger partial charge in [0.25, 0.3) is 0 Å². The van der Waals surface area contributed by atoms with Gasteiger partial charge in [0, 0.05) is 23.6 Å². The number of fused-ring (bicyclic) bond motifs is 1. The molecule has 3 rings (SSSR count). The Labute approximate surface area is 125 Å². The molecule has 0 aromatic heterocycles. The third-order valence-electron chi connectivity index (χ3n) is 3.93. The first-order valence-corrected chi connectivity index (χ1v) is 7.21. The highest BCUT2D eigenvalue weighted by Gasteiger charge is 2.24. The van der Waals surface area contributed by atoms with E-state index >= 15 is 0 Å². The van der Waals surface area contributed by atoms with Crippen LogP contribution in [0.15, 0.2) is 42.5 Å². The molecule has 0 fully saturated rings. The Kier molecular flexibility index (Phi) is 4.00. The van der Waals surface area contributed by atoms with E-state index in [1.807, 2.05) is 18.2 Å². The minimum absolute atomic E-state index is 0.474. The largest absolute Gasteiger partial charge is 0.496 e. The lowest BCUT2D eigenvalue weighted by molar-refractivity contribution is 0.216. The van der Waals surface area contributed by atoms with Crippen LogP contribution in [0.25, 0.3) is 0 Å². The second-order valence-corrected chi connectivity index (χ2v) is 5.38. The zero-order valence-corrected chi connectivity index (χ0v) is 12.5. The molecule has 1 aliphatic heterocycles. The van der Waals surface area contributed by atoms with E-state index in [9.17, 15) is 0 Å². The van der Waals surface area contributed by atoms with Crippen molar-refractivity contribution in [3.05, 3.63) is 53.6 Å². The molecular formula is C18H20O3. The average Bonchev–Trinajstić information content (AvgIpc) is 2.54. The van der Waals surface area contributed by atoms with Crippen LogP contribution in [0.2, 0.25) is 0 Å². The van der Waals surface area contributed by atoms with Crippen molar-refractivity contribution in [2.45, 2.75) is 12.8 Å². The summed E-state index contributed by atoms with van der Waals surface area (Å²) in [4.78, 5) is 0. The standard InChI is InChI=1S/C18H20O3/c1-19-15-10-17(20-2)16-9-14(12-21-18(16)11-15)8-13-6-4-3-5-7-13/h3-7,10-11,14H,8-9,12H2,1-2H3. The third kappa shape index (κ3) is 2.97. The lowest BCUT2D eigenvalue weighted by Crippen LogP contribution is -2.23. The SMILES string of the molecule is COc1cc(OC)c2c(c1)OCC(Cc1ccccc1)C2. The maximum Gasteiger partial charge on any atom is 0.129 e. The van der Waals surface area contributed by atoms with Crippen molar-refractivity contribution in [1.29, 1.82) is 0 Å². The Bertz CT molecular complexity index is 590. The molecule has 0 aliphatic carbocycles. The molecule has 2 aromatic carbocycles. The van der Waals surface area contributed by atoms with Crippen LogP contribution in [0.5, 0.6) is 17.2 Å². The van der Waals surface area contributed by atoms with Crippen LogP contribution < -0.4 is 14.2 Å². The van der Waals surface area contributed by atoms with Crippen LogP contribution in [0.1, 0.15) is 11.1 Å². The van der Waals surface area contributed by atoms with Crippen LogP contribution in [-0.4, -0.2) is 20.8 Å². The van der Waals surface area contributed by atoms with Crippen LogP contribution in [0.4, 0.5) is 0 Å². The second kappa shape index (κ2) is 6.08. The van der Waals surface area contributed by atoms with Crippen LogP contribution >= 0.6 is 0 Å². The van der Waals surface area contributed by atoms with Gasteiger partial charge >= 0.3 is 0 Å². The predicted octanol–water partition coefficient (Wildman–Crippen LogP) is 3.50. The van der Waals surface area contributed by atoms with Gasteiger partial charge in [0.1, 0.15) is 17.2 Å². The molecule has 2 aromatic rings. The first-order valence-electron chi connectivity index (χ1n) is 7.21. The number of ether oxygens (including phenoxy) is 3. The first kappa shape index (κ1) is 13.8. The summed E-state index contributed by atoms with van der Waals surface area (Å²) in [7, 11) is 3.35. The van der Waals surface area contributed by atoms with E-state index < -0.39 is 0 Å². The quantitative estimate of drug-likeness (QED) is 0.860. The van der Waals surface area contributed by atoms with Crippen molar-refractivity contribution < 1.29 is 14.2 Å². The van der Waals surface area contributed by atoms with E-state index in [1.165, 1.54) is 5.56 Å². The number of benzene rings is 2. The number of rotatable bonds is 4. The Morgan fingerprint density at radius 1 is 1.10 bits per heavy atom. The Hall–Kier alpha value is -2.16. The van der Waals surface area contributed by atoms with Crippen molar-refractivity contribution >= 4 is 0 Å². The van der Waals surface area contributed by atoms with E-state index in [0.29, 0.717) is 5.92 Å². The highest BCUT2D eigenvalue weighted by Crippen LogP contribution is 2.39.